The van der Waals surface area contributed by atoms with E-state index in [1.54, 1.807) is 29.8 Å². The second kappa shape index (κ2) is 7.02. The molecule has 0 spiro atoms. The molecule has 0 aliphatic rings. The maximum absolute atomic E-state index is 12.5. The third kappa shape index (κ3) is 3.43. The molecule has 1 heterocycles. The van der Waals surface area contributed by atoms with E-state index in [0.717, 1.165) is 16.9 Å². The molecule has 1 aromatic heterocycles. The molecule has 0 aliphatic heterocycles. The molecule has 0 bridgehead atoms. The normalized spacial score (nSPS) is 10.3. The average Bonchev–Trinajstić information content (AvgIpc) is 2.95. The van der Waals surface area contributed by atoms with Gasteiger partial charge >= 0.3 is 5.97 Å². The van der Waals surface area contributed by atoms with Gasteiger partial charge in [0, 0.05) is 0 Å². The van der Waals surface area contributed by atoms with Crippen LogP contribution < -0.4 is 0 Å². The van der Waals surface area contributed by atoms with Gasteiger partial charge in [-0.2, -0.15) is 10.4 Å². The van der Waals surface area contributed by atoms with E-state index in [0.29, 0.717) is 16.8 Å². The minimum absolute atomic E-state index is 0.115. The number of benzene rings is 2. The number of carbonyl (C=O) groups excluding carboxylic acids is 1. The molecule has 0 aliphatic carbocycles. The minimum Gasteiger partial charge on any atom is -0.457 e. The fourth-order valence-electron chi connectivity index (χ4n) is 2.71. The Morgan fingerprint density at radius 1 is 1.16 bits per heavy atom. The van der Waals surface area contributed by atoms with E-state index in [9.17, 15) is 4.79 Å². The molecule has 3 rings (SSSR count). The Bertz CT molecular complexity index is 953. The molecule has 0 saturated carbocycles. The molecule has 0 N–H and O–H groups in total. The lowest BCUT2D eigenvalue weighted by Gasteiger charge is -2.07. The average molecular weight is 331 g/mol. The predicted octanol–water partition coefficient (Wildman–Crippen LogP) is 3.72. The predicted molar refractivity (Wildman–Crippen MR) is 93.3 cm³/mol. The highest BCUT2D eigenvalue weighted by Crippen LogP contribution is 2.19. The van der Waals surface area contributed by atoms with E-state index < -0.39 is 5.97 Å². The Morgan fingerprint density at radius 3 is 2.64 bits per heavy atom. The summed E-state index contributed by atoms with van der Waals surface area (Å²) in [7, 11) is 0. The van der Waals surface area contributed by atoms with Crippen molar-refractivity contribution in [2.24, 2.45) is 0 Å². The van der Waals surface area contributed by atoms with Crippen LogP contribution in [0.2, 0.25) is 0 Å². The number of aryl methyl sites for hydroxylation is 1. The molecular weight excluding hydrogens is 314 g/mol. The van der Waals surface area contributed by atoms with E-state index >= 15 is 0 Å². The van der Waals surface area contributed by atoms with Gasteiger partial charge in [-0.25, -0.2) is 9.48 Å². The Balaban J connectivity index is 1.81. The van der Waals surface area contributed by atoms with Gasteiger partial charge in [-0.05, 0) is 43.7 Å². The number of esters is 1. The minimum atomic E-state index is -0.417. The molecule has 2 aromatic carbocycles. The summed E-state index contributed by atoms with van der Waals surface area (Å²) in [5.74, 6) is -0.417. The summed E-state index contributed by atoms with van der Waals surface area (Å²) in [5.41, 5.74) is 4.04. The summed E-state index contributed by atoms with van der Waals surface area (Å²) in [6.45, 7) is 3.75. The van der Waals surface area contributed by atoms with Crippen LogP contribution in [0.1, 0.15) is 32.9 Å². The fourth-order valence-corrected chi connectivity index (χ4v) is 2.71. The first kappa shape index (κ1) is 16.5. The van der Waals surface area contributed by atoms with Crippen LogP contribution in [0.3, 0.4) is 0 Å². The van der Waals surface area contributed by atoms with Gasteiger partial charge in [-0.15, -0.1) is 0 Å². The van der Waals surface area contributed by atoms with Crippen molar-refractivity contribution in [2.45, 2.75) is 20.5 Å². The van der Waals surface area contributed by atoms with Gasteiger partial charge in [0.05, 0.1) is 28.7 Å². The number of hydrogen-bond donors (Lipinski definition) is 0. The van der Waals surface area contributed by atoms with Crippen LogP contribution >= 0.6 is 0 Å². The largest absolute Gasteiger partial charge is 0.457 e. The van der Waals surface area contributed by atoms with Crippen LogP contribution in [-0.2, 0) is 11.3 Å². The second-order valence-electron chi connectivity index (χ2n) is 5.68. The monoisotopic (exact) mass is 331 g/mol. The van der Waals surface area contributed by atoms with Crippen molar-refractivity contribution in [3.8, 4) is 11.8 Å². The first-order valence-corrected chi connectivity index (χ1v) is 7.88. The summed E-state index contributed by atoms with van der Waals surface area (Å²) in [6.07, 6.45) is 0. The maximum Gasteiger partial charge on any atom is 0.342 e. The molecule has 0 amide bonds. The zero-order valence-electron chi connectivity index (χ0n) is 14.1. The molecule has 0 unspecified atom stereocenters. The molecule has 0 atom stereocenters. The van der Waals surface area contributed by atoms with Crippen LogP contribution in [-0.4, -0.2) is 15.7 Å². The molecule has 3 aromatic rings. The Kier molecular flexibility index (Phi) is 4.62. The van der Waals surface area contributed by atoms with Gasteiger partial charge < -0.3 is 4.74 Å². The lowest BCUT2D eigenvalue weighted by atomic mass is 10.1. The zero-order chi connectivity index (χ0) is 17.8. The van der Waals surface area contributed by atoms with Crippen molar-refractivity contribution < 1.29 is 9.53 Å². The van der Waals surface area contributed by atoms with Crippen LogP contribution in [0.15, 0.2) is 54.6 Å². The van der Waals surface area contributed by atoms with Crippen molar-refractivity contribution in [1.82, 2.24) is 9.78 Å². The number of ether oxygens (including phenoxy) is 1. The molecular formula is C20H17N3O2. The topological polar surface area (TPSA) is 67.9 Å². The van der Waals surface area contributed by atoms with Gasteiger partial charge in [0.1, 0.15) is 12.2 Å². The molecule has 0 radical (unpaired) electrons. The van der Waals surface area contributed by atoms with Crippen LogP contribution in [0.5, 0.6) is 0 Å². The summed E-state index contributed by atoms with van der Waals surface area (Å²) < 4.78 is 7.16. The van der Waals surface area contributed by atoms with E-state index in [-0.39, 0.29) is 6.61 Å². The first-order valence-electron chi connectivity index (χ1n) is 7.88. The van der Waals surface area contributed by atoms with Crippen molar-refractivity contribution in [1.29, 1.82) is 5.26 Å². The molecule has 124 valence electrons. The van der Waals surface area contributed by atoms with Crippen molar-refractivity contribution in [3.05, 3.63) is 82.7 Å². The maximum atomic E-state index is 12.5. The third-order valence-corrected chi connectivity index (χ3v) is 3.92. The molecule has 0 fully saturated rings. The Hall–Kier alpha value is -3.39. The van der Waals surface area contributed by atoms with Crippen molar-refractivity contribution in [3.63, 3.8) is 0 Å². The van der Waals surface area contributed by atoms with Gasteiger partial charge in [-0.3, -0.25) is 0 Å². The van der Waals surface area contributed by atoms with Gasteiger partial charge in [-0.1, -0.05) is 30.3 Å². The van der Waals surface area contributed by atoms with Crippen LogP contribution in [0, 0.1) is 25.2 Å². The Labute approximate surface area is 146 Å². The standard InChI is InChI=1S/C20H17N3O2/c1-14-19(15(2)23(22-14)18-9-4-3-5-10-18)20(24)25-13-17-8-6-7-16(11-17)12-21/h3-11H,13H2,1-2H3. The fraction of sp³-hybridized carbons (Fsp3) is 0.150. The highest BCUT2D eigenvalue weighted by Gasteiger charge is 2.20. The van der Waals surface area contributed by atoms with E-state index in [4.69, 9.17) is 10.00 Å². The summed E-state index contributed by atoms with van der Waals surface area (Å²) in [6, 6.07) is 18.7. The first-order chi connectivity index (χ1) is 12.1. The van der Waals surface area contributed by atoms with E-state index in [1.165, 1.54) is 0 Å². The van der Waals surface area contributed by atoms with Gasteiger partial charge in [0.2, 0.25) is 0 Å². The summed E-state index contributed by atoms with van der Waals surface area (Å²) >= 11 is 0. The van der Waals surface area contributed by atoms with Gasteiger partial charge in [0.15, 0.2) is 0 Å². The Morgan fingerprint density at radius 2 is 1.92 bits per heavy atom. The molecule has 0 saturated heterocycles. The van der Waals surface area contributed by atoms with Gasteiger partial charge in [0.25, 0.3) is 0 Å². The highest BCUT2D eigenvalue weighted by molar-refractivity contribution is 5.92. The number of para-hydroxylation sites is 1. The zero-order valence-corrected chi connectivity index (χ0v) is 14.1. The van der Waals surface area contributed by atoms with Crippen LogP contribution in [0.4, 0.5) is 0 Å². The molecule has 5 nitrogen and oxygen atoms in total. The van der Waals surface area contributed by atoms with Crippen molar-refractivity contribution in [2.75, 3.05) is 0 Å². The highest BCUT2D eigenvalue weighted by atomic mass is 16.5. The van der Waals surface area contributed by atoms with E-state index in [2.05, 4.69) is 11.2 Å². The number of carbonyl (C=O) groups is 1. The smallest absolute Gasteiger partial charge is 0.342 e. The molecule has 5 heteroatoms. The van der Waals surface area contributed by atoms with Crippen LogP contribution in [0.25, 0.3) is 5.69 Å². The third-order valence-electron chi connectivity index (χ3n) is 3.92. The molecule has 25 heavy (non-hydrogen) atoms. The number of nitriles is 1. The number of aromatic nitrogens is 2. The second-order valence-corrected chi connectivity index (χ2v) is 5.68. The number of nitrogens with zero attached hydrogens (tertiary/aromatic N) is 3. The van der Waals surface area contributed by atoms with Crippen molar-refractivity contribution >= 4 is 5.97 Å². The number of hydrogen-bond acceptors (Lipinski definition) is 4. The number of rotatable bonds is 4. The summed E-state index contributed by atoms with van der Waals surface area (Å²) in [5, 5.41) is 13.4. The summed E-state index contributed by atoms with van der Waals surface area (Å²) in [4.78, 5) is 12.5. The van der Waals surface area contributed by atoms with E-state index in [1.807, 2.05) is 43.3 Å². The lowest BCUT2D eigenvalue weighted by Crippen LogP contribution is -2.08. The quantitative estimate of drug-likeness (QED) is 0.683. The SMILES string of the molecule is Cc1nn(-c2ccccc2)c(C)c1C(=O)OCc1cccc(C#N)c1. The lowest BCUT2D eigenvalue weighted by molar-refractivity contribution is 0.0471.